The molecule has 0 spiro atoms. The monoisotopic (exact) mass is 300 g/mol. The summed E-state index contributed by atoms with van der Waals surface area (Å²) in [4.78, 5) is 21.5. The molecule has 1 atom stereocenters. The predicted molar refractivity (Wildman–Crippen MR) is 74.0 cm³/mol. The van der Waals surface area contributed by atoms with Crippen molar-refractivity contribution in [1.29, 1.82) is 0 Å². The lowest BCUT2D eigenvalue weighted by molar-refractivity contribution is -0.387. The molecule has 0 saturated heterocycles. The maximum atomic E-state index is 13.9. The highest BCUT2D eigenvalue weighted by Crippen LogP contribution is 2.23. The van der Waals surface area contributed by atoms with Gasteiger partial charge in [0, 0.05) is 12.1 Å². The quantitative estimate of drug-likeness (QED) is 0.646. The third-order valence-electron chi connectivity index (χ3n) is 3.05. The first-order valence-corrected chi connectivity index (χ1v) is 6.67. The van der Waals surface area contributed by atoms with Gasteiger partial charge < -0.3 is 5.32 Å². The maximum Gasteiger partial charge on any atom is 0.305 e. The van der Waals surface area contributed by atoms with Crippen LogP contribution >= 0.6 is 0 Å². The SMILES string of the molecule is CC(C)CCC(C)NC(=O)c1c(F)ccc([N+](=O)[O-])c1F. The maximum absolute atomic E-state index is 13.9. The molecule has 0 aliphatic heterocycles. The van der Waals surface area contributed by atoms with E-state index in [1.807, 2.05) is 13.8 Å². The van der Waals surface area contributed by atoms with Gasteiger partial charge in [0.05, 0.1) is 4.92 Å². The summed E-state index contributed by atoms with van der Waals surface area (Å²) in [6.45, 7) is 5.76. The number of nitro groups is 1. The Hall–Kier alpha value is -2.05. The fourth-order valence-electron chi connectivity index (χ4n) is 1.84. The van der Waals surface area contributed by atoms with Crippen LogP contribution in [0, 0.1) is 27.7 Å². The van der Waals surface area contributed by atoms with Gasteiger partial charge in [-0.1, -0.05) is 13.8 Å². The Labute approximate surface area is 121 Å². The Morgan fingerprint density at radius 3 is 2.43 bits per heavy atom. The van der Waals surface area contributed by atoms with Gasteiger partial charge in [-0.2, -0.15) is 4.39 Å². The number of hydrogen-bond donors (Lipinski definition) is 1. The summed E-state index contributed by atoms with van der Waals surface area (Å²) in [6.07, 6.45) is 1.50. The number of halogens is 2. The third-order valence-corrected chi connectivity index (χ3v) is 3.05. The van der Waals surface area contributed by atoms with Crippen LogP contribution in [0.3, 0.4) is 0 Å². The van der Waals surface area contributed by atoms with Gasteiger partial charge in [0.15, 0.2) is 0 Å². The van der Waals surface area contributed by atoms with Crippen molar-refractivity contribution < 1.29 is 18.5 Å². The standard InChI is InChI=1S/C14H18F2N2O3/c1-8(2)4-5-9(3)17-14(19)12-10(15)6-7-11(13(12)16)18(20)21/h6-9H,4-5H2,1-3H3,(H,17,19). The van der Waals surface area contributed by atoms with Gasteiger partial charge in [0.2, 0.25) is 5.82 Å². The number of amides is 1. The van der Waals surface area contributed by atoms with Crippen LogP contribution in [0.4, 0.5) is 14.5 Å². The van der Waals surface area contributed by atoms with Crippen LogP contribution in [0.5, 0.6) is 0 Å². The third kappa shape index (κ3) is 4.47. The van der Waals surface area contributed by atoms with Crippen molar-refractivity contribution in [3.05, 3.63) is 39.4 Å². The molecule has 1 rings (SSSR count). The van der Waals surface area contributed by atoms with Crippen molar-refractivity contribution in [2.75, 3.05) is 0 Å². The zero-order valence-electron chi connectivity index (χ0n) is 12.2. The number of rotatable bonds is 6. The number of nitrogens with zero attached hydrogens (tertiary/aromatic N) is 1. The molecule has 5 nitrogen and oxygen atoms in total. The molecular weight excluding hydrogens is 282 g/mol. The number of hydrogen-bond acceptors (Lipinski definition) is 3. The topological polar surface area (TPSA) is 72.2 Å². The van der Waals surface area contributed by atoms with Crippen molar-refractivity contribution in [3.8, 4) is 0 Å². The molecule has 0 aliphatic rings. The first-order valence-electron chi connectivity index (χ1n) is 6.67. The average Bonchev–Trinajstić information content (AvgIpc) is 2.35. The van der Waals surface area contributed by atoms with Crippen LogP contribution in [0.2, 0.25) is 0 Å². The van der Waals surface area contributed by atoms with Gasteiger partial charge in [-0.3, -0.25) is 14.9 Å². The number of benzene rings is 1. The second-order valence-corrected chi connectivity index (χ2v) is 5.36. The Bertz CT molecular complexity index is 547. The van der Waals surface area contributed by atoms with E-state index in [2.05, 4.69) is 5.32 Å². The lowest BCUT2D eigenvalue weighted by atomic mass is 10.0. The lowest BCUT2D eigenvalue weighted by Crippen LogP contribution is -2.34. The van der Waals surface area contributed by atoms with Gasteiger partial charge in [0.1, 0.15) is 11.4 Å². The molecule has 1 aromatic carbocycles. The molecule has 0 saturated carbocycles. The summed E-state index contributed by atoms with van der Waals surface area (Å²) in [7, 11) is 0. The molecule has 0 aliphatic carbocycles. The van der Waals surface area contributed by atoms with Gasteiger partial charge in [0.25, 0.3) is 5.91 Å². The summed E-state index contributed by atoms with van der Waals surface area (Å²) < 4.78 is 27.4. The Kier molecular flexibility index (Phi) is 5.75. The molecule has 1 unspecified atom stereocenters. The van der Waals surface area contributed by atoms with Gasteiger partial charge in [-0.05, 0) is 31.7 Å². The van der Waals surface area contributed by atoms with E-state index in [0.29, 0.717) is 18.4 Å². The molecule has 0 heterocycles. The number of nitro benzene ring substituents is 1. The summed E-state index contributed by atoms with van der Waals surface area (Å²) in [5.74, 6) is -3.11. The van der Waals surface area contributed by atoms with Gasteiger partial charge >= 0.3 is 5.69 Å². The first-order chi connectivity index (χ1) is 9.73. The van der Waals surface area contributed by atoms with Crippen molar-refractivity contribution in [1.82, 2.24) is 5.32 Å². The Morgan fingerprint density at radius 2 is 1.90 bits per heavy atom. The molecule has 0 fully saturated rings. The Morgan fingerprint density at radius 1 is 1.29 bits per heavy atom. The summed E-state index contributed by atoms with van der Waals surface area (Å²) in [6, 6.07) is 1.14. The number of nitrogens with one attached hydrogen (secondary N) is 1. The van der Waals surface area contributed by atoms with E-state index in [4.69, 9.17) is 0 Å². The highest BCUT2D eigenvalue weighted by atomic mass is 19.1. The van der Waals surface area contributed by atoms with E-state index in [9.17, 15) is 23.7 Å². The molecular formula is C14H18F2N2O3. The van der Waals surface area contributed by atoms with E-state index < -0.39 is 33.7 Å². The molecule has 7 heteroatoms. The van der Waals surface area contributed by atoms with Crippen molar-refractivity contribution >= 4 is 11.6 Å². The normalized spacial score (nSPS) is 12.3. The highest BCUT2D eigenvalue weighted by molar-refractivity contribution is 5.95. The average molecular weight is 300 g/mol. The first kappa shape index (κ1) is 17.0. The number of carbonyl (C=O) groups is 1. The summed E-state index contributed by atoms with van der Waals surface area (Å²) in [5, 5.41) is 13.1. The van der Waals surface area contributed by atoms with Crippen molar-refractivity contribution in [3.63, 3.8) is 0 Å². The molecule has 21 heavy (non-hydrogen) atoms. The smallest absolute Gasteiger partial charge is 0.305 e. The largest absolute Gasteiger partial charge is 0.349 e. The van der Waals surface area contributed by atoms with Crippen LogP contribution in [-0.4, -0.2) is 16.9 Å². The summed E-state index contributed by atoms with van der Waals surface area (Å²) >= 11 is 0. The molecule has 1 aromatic rings. The van der Waals surface area contributed by atoms with Crippen LogP contribution in [0.15, 0.2) is 12.1 Å². The van der Waals surface area contributed by atoms with Crippen molar-refractivity contribution in [2.24, 2.45) is 5.92 Å². The predicted octanol–water partition coefficient (Wildman–Crippen LogP) is 3.43. The van der Waals surface area contributed by atoms with Crippen LogP contribution < -0.4 is 5.32 Å². The van der Waals surface area contributed by atoms with Crippen molar-refractivity contribution in [2.45, 2.75) is 39.7 Å². The Balaban J connectivity index is 2.92. The van der Waals surface area contributed by atoms with E-state index in [0.717, 1.165) is 12.5 Å². The second-order valence-electron chi connectivity index (χ2n) is 5.36. The van der Waals surface area contributed by atoms with E-state index in [1.165, 1.54) is 0 Å². The summed E-state index contributed by atoms with van der Waals surface area (Å²) in [5.41, 5.74) is -1.84. The van der Waals surface area contributed by atoms with Gasteiger partial charge in [-0.15, -0.1) is 0 Å². The minimum Gasteiger partial charge on any atom is -0.349 e. The minimum absolute atomic E-state index is 0.280. The minimum atomic E-state index is -1.45. The second kappa shape index (κ2) is 7.10. The highest BCUT2D eigenvalue weighted by Gasteiger charge is 2.26. The van der Waals surface area contributed by atoms with Crippen LogP contribution in [-0.2, 0) is 0 Å². The molecule has 1 N–H and O–H groups in total. The lowest BCUT2D eigenvalue weighted by Gasteiger charge is -2.15. The zero-order valence-corrected chi connectivity index (χ0v) is 12.2. The van der Waals surface area contributed by atoms with Gasteiger partial charge in [-0.25, -0.2) is 4.39 Å². The van der Waals surface area contributed by atoms with Crippen LogP contribution in [0.25, 0.3) is 0 Å². The molecule has 1 amide bonds. The molecule has 116 valence electrons. The molecule has 0 radical (unpaired) electrons. The van der Waals surface area contributed by atoms with E-state index in [-0.39, 0.29) is 6.04 Å². The van der Waals surface area contributed by atoms with E-state index >= 15 is 0 Å². The fourth-order valence-corrected chi connectivity index (χ4v) is 1.84. The molecule has 0 bridgehead atoms. The number of carbonyl (C=O) groups excluding carboxylic acids is 1. The molecule has 0 aromatic heterocycles. The zero-order chi connectivity index (χ0) is 16.2. The van der Waals surface area contributed by atoms with E-state index in [1.54, 1.807) is 6.92 Å². The van der Waals surface area contributed by atoms with Crippen LogP contribution in [0.1, 0.15) is 44.0 Å². The fraction of sp³-hybridized carbons (Fsp3) is 0.500.